The molecule has 0 aliphatic rings. The fourth-order valence-corrected chi connectivity index (χ4v) is 5.38. The van der Waals surface area contributed by atoms with Crippen LogP contribution in [0.4, 0.5) is 22.5 Å². The first kappa shape index (κ1) is 29.5. The number of methoxy groups -OCH3 is 1. The topological polar surface area (TPSA) is 115 Å². The van der Waals surface area contributed by atoms with Gasteiger partial charge in [-0.2, -0.15) is 0 Å². The van der Waals surface area contributed by atoms with Gasteiger partial charge in [0.15, 0.2) is 5.13 Å². The van der Waals surface area contributed by atoms with E-state index in [1.807, 2.05) is 18.2 Å². The van der Waals surface area contributed by atoms with Crippen molar-refractivity contribution in [3.8, 4) is 5.75 Å². The highest BCUT2D eigenvalue weighted by atomic mass is 32.1. The molecule has 0 unspecified atom stereocenters. The smallest absolute Gasteiger partial charge is 0.353 e. The fraction of sp³-hybridized carbons (Fsp3) is 0.607. The fourth-order valence-electron chi connectivity index (χ4n) is 4.49. The minimum atomic E-state index is -0.452. The highest BCUT2D eigenvalue weighted by Crippen LogP contribution is 2.35. The van der Waals surface area contributed by atoms with Gasteiger partial charge in [0.2, 0.25) is 11.6 Å². The second-order valence-electron chi connectivity index (χ2n) is 9.68. The number of nitro groups is 1. The first-order valence-electron chi connectivity index (χ1n) is 14.1. The largest absolute Gasteiger partial charge is 0.497 e. The van der Waals surface area contributed by atoms with Crippen LogP contribution < -0.4 is 15.4 Å². The van der Waals surface area contributed by atoms with E-state index in [1.165, 1.54) is 94.7 Å². The maximum atomic E-state index is 11.9. The van der Waals surface area contributed by atoms with Crippen LogP contribution >= 0.6 is 11.3 Å². The molecular weight excluding hydrogens is 500 g/mol. The lowest BCUT2D eigenvalue weighted by atomic mass is 10.0. The van der Waals surface area contributed by atoms with Gasteiger partial charge in [-0.1, -0.05) is 102 Å². The summed E-state index contributed by atoms with van der Waals surface area (Å²) in [5.74, 6) is 1.08. The van der Waals surface area contributed by atoms with E-state index in [0.29, 0.717) is 11.7 Å². The maximum absolute atomic E-state index is 11.9. The monoisotopic (exact) mass is 542 g/mol. The Morgan fingerprint density at radius 3 is 2.11 bits per heavy atom. The summed E-state index contributed by atoms with van der Waals surface area (Å²) in [6, 6.07) is 5.57. The van der Waals surface area contributed by atoms with E-state index in [0.717, 1.165) is 28.8 Å². The summed E-state index contributed by atoms with van der Waals surface area (Å²) in [6.45, 7) is 2.90. The summed E-state index contributed by atoms with van der Waals surface area (Å²) in [6.07, 6.45) is 19.5. The van der Waals surface area contributed by atoms with Gasteiger partial charge in [0, 0.05) is 6.54 Å². The van der Waals surface area contributed by atoms with Crippen molar-refractivity contribution in [3.63, 3.8) is 0 Å². The van der Waals surface area contributed by atoms with Crippen LogP contribution in [0.5, 0.6) is 5.75 Å². The first-order chi connectivity index (χ1) is 18.6. The third-order valence-corrected chi connectivity index (χ3v) is 7.58. The number of aromatic nitrogens is 3. The van der Waals surface area contributed by atoms with E-state index in [4.69, 9.17) is 4.74 Å². The Hall–Kier alpha value is -3.01. The molecule has 0 spiro atoms. The predicted octanol–water partition coefficient (Wildman–Crippen LogP) is 8.64. The lowest BCUT2D eigenvalue weighted by Crippen LogP contribution is -2.09. The third-order valence-electron chi connectivity index (χ3n) is 6.65. The molecule has 0 atom stereocenters. The molecular formula is C28H42N6O3S. The molecule has 0 fully saturated rings. The van der Waals surface area contributed by atoms with Gasteiger partial charge >= 0.3 is 5.69 Å². The lowest BCUT2D eigenvalue weighted by molar-refractivity contribution is -0.383. The molecule has 10 heteroatoms. The minimum Gasteiger partial charge on any atom is -0.497 e. The molecule has 2 heterocycles. The van der Waals surface area contributed by atoms with Gasteiger partial charge in [0.05, 0.1) is 22.2 Å². The number of fused-ring (bicyclic) bond motifs is 1. The number of unbranched alkanes of at least 4 members (excludes halogenated alkanes) is 13. The van der Waals surface area contributed by atoms with E-state index >= 15 is 0 Å². The highest BCUT2D eigenvalue weighted by molar-refractivity contribution is 7.22. The second-order valence-corrected chi connectivity index (χ2v) is 10.7. The van der Waals surface area contributed by atoms with Crippen molar-refractivity contribution in [3.05, 3.63) is 34.6 Å². The molecule has 3 rings (SSSR count). The van der Waals surface area contributed by atoms with Crippen LogP contribution in [0.15, 0.2) is 24.5 Å². The van der Waals surface area contributed by atoms with Crippen molar-refractivity contribution in [2.24, 2.45) is 0 Å². The van der Waals surface area contributed by atoms with Crippen LogP contribution in [-0.4, -0.2) is 33.5 Å². The molecule has 0 saturated carbocycles. The molecule has 0 bridgehead atoms. The van der Waals surface area contributed by atoms with Crippen molar-refractivity contribution in [2.75, 3.05) is 24.3 Å². The van der Waals surface area contributed by atoms with Crippen molar-refractivity contribution < 1.29 is 9.66 Å². The molecule has 0 aliphatic heterocycles. The number of anilines is 3. The number of hydrogen-bond donors (Lipinski definition) is 2. The van der Waals surface area contributed by atoms with Gasteiger partial charge in [-0.3, -0.25) is 10.1 Å². The Labute approximate surface area is 230 Å². The van der Waals surface area contributed by atoms with Gasteiger partial charge in [-0.15, -0.1) is 0 Å². The Bertz CT molecular complexity index is 1120. The van der Waals surface area contributed by atoms with Crippen LogP contribution in [0, 0.1) is 10.1 Å². The number of thiazole rings is 1. The molecule has 2 N–H and O–H groups in total. The van der Waals surface area contributed by atoms with Crippen LogP contribution in [0.2, 0.25) is 0 Å². The average Bonchev–Trinajstić information content (AvgIpc) is 3.32. The summed E-state index contributed by atoms with van der Waals surface area (Å²) in [5.41, 5.74) is 0.612. The van der Waals surface area contributed by atoms with Crippen LogP contribution in [0.3, 0.4) is 0 Å². The van der Waals surface area contributed by atoms with Gasteiger partial charge in [-0.05, 0) is 24.6 Å². The predicted molar refractivity (Wildman–Crippen MR) is 157 cm³/mol. The standard InChI is InChI=1S/C28H42N6O3S/c1-3-4-5-6-7-8-9-10-11-12-13-14-15-16-19-29-26-25(34(35)36)27(31-21-30-26)33-28-32-23-18-17-22(37-2)20-24(23)38-28/h17-18,20-21H,3-16,19H2,1-2H3,(H2,29,30,31,32,33). The number of benzene rings is 1. The Morgan fingerprint density at radius 1 is 0.895 bits per heavy atom. The zero-order chi connectivity index (χ0) is 27.0. The SMILES string of the molecule is CCCCCCCCCCCCCCCCNc1ncnc(Nc2nc3ccc(OC)cc3s2)c1[N+](=O)[O-]. The second kappa shape index (κ2) is 16.8. The molecule has 208 valence electrons. The Morgan fingerprint density at radius 2 is 1.50 bits per heavy atom. The summed E-state index contributed by atoms with van der Waals surface area (Å²) in [7, 11) is 1.61. The van der Waals surface area contributed by atoms with Gasteiger partial charge in [0.25, 0.3) is 0 Å². The van der Waals surface area contributed by atoms with E-state index in [9.17, 15) is 10.1 Å². The Balaban J connectivity index is 1.37. The van der Waals surface area contributed by atoms with Gasteiger partial charge in [-0.25, -0.2) is 15.0 Å². The third kappa shape index (κ3) is 9.70. The molecule has 38 heavy (non-hydrogen) atoms. The zero-order valence-electron chi connectivity index (χ0n) is 22.8. The van der Waals surface area contributed by atoms with Gasteiger partial charge in [0.1, 0.15) is 12.1 Å². The highest BCUT2D eigenvalue weighted by Gasteiger charge is 2.23. The number of ether oxygens (including phenoxy) is 1. The molecule has 0 saturated heterocycles. The van der Waals surface area contributed by atoms with Crippen LogP contribution in [-0.2, 0) is 0 Å². The summed E-state index contributed by atoms with van der Waals surface area (Å²) in [4.78, 5) is 24.2. The quantitative estimate of drug-likeness (QED) is 0.0828. The summed E-state index contributed by atoms with van der Waals surface area (Å²) < 4.78 is 6.18. The summed E-state index contributed by atoms with van der Waals surface area (Å²) in [5, 5.41) is 18.5. The van der Waals surface area contributed by atoms with Crippen molar-refractivity contribution >= 4 is 44.0 Å². The number of rotatable bonds is 20. The van der Waals surface area contributed by atoms with Crippen molar-refractivity contribution in [2.45, 2.75) is 96.8 Å². The lowest BCUT2D eigenvalue weighted by Gasteiger charge is -2.09. The van der Waals surface area contributed by atoms with E-state index in [-0.39, 0.29) is 17.3 Å². The molecule has 1 aromatic carbocycles. The molecule has 0 radical (unpaired) electrons. The molecule has 3 aromatic rings. The average molecular weight is 543 g/mol. The first-order valence-corrected chi connectivity index (χ1v) is 14.9. The van der Waals surface area contributed by atoms with E-state index in [2.05, 4.69) is 32.5 Å². The molecule has 9 nitrogen and oxygen atoms in total. The number of nitrogens with zero attached hydrogens (tertiary/aromatic N) is 4. The van der Waals surface area contributed by atoms with Crippen LogP contribution in [0.25, 0.3) is 10.2 Å². The molecule has 2 aromatic heterocycles. The van der Waals surface area contributed by atoms with Gasteiger partial charge < -0.3 is 15.4 Å². The molecule has 0 amide bonds. The maximum Gasteiger partial charge on any atom is 0.353 e. The van der Waals surface area contributed by atoms with Crippen molar-refractivity contribution in [1.82, 2.24) is 15.0 Å². The van der Waals surface area contributed by atoms with Crippen LogP contribution in [0.1, 0.15) is 96.8 Å². The number of nitrogens with one attached hydrogen (secondary N) is 2. The van der Waals surface area contributed by atoms with E-state index < -0.39 is 4.92 Å². The molecule has 0 aliphatic carbocycles. The zero-order valence-corrected chi connectivity index (χ0v) is 23.7. The normalized spacial score (nSPS) is 11.1. The van der Waals surface area contributed by atoms with E-state index in [1.54, 1.807) is 7.11 Å². The minimum absolute atomic E-state index is 0.125. The summed E-state index contributed by atoms with van der Waals surface area (Å²) >= 11 is 1.38. The Kier molecular flexibility index (Phi) is 13.0. The van der Waals surface area contributed by atoms with Crippen molar-refractivity contribution in [1.29, 1.82) is 0 Å². The number of hydrogen-bond acceptors (Lipinski definition) is 9.